The zero-order valence-electron chi connectivity index (χ0n) is 10.6. The molecule has 1 aromatic carbocycles. The van der Waals surface area contributed by atoms with Crippen molar-refractivity contribution in [3.8, 4) is 0 Å². The summed E-state index contributed by atoms with van der Waals surface area (Å²) in [6.45, 7) is 7.50. The number of amides is 1. The molecule has 0 heterocycles. The summed E-state index contributed by atoms with van der Waals surface area (Å²) in [5.41, 5.74) is -0.898. The van der Waals surface area contributed by atoms with Gasteiger partial charge in [0, 0.05) is 17.6 Å². The number of hydrogen-bond donors (Lipinski definition) is 0. The molecule has 1 aromatic rings. The lowest BCUT2D eigenvalue weighted by Crippen LogP contribution is -2.31. The Morgan fingerprint density at radius 3 is 2.25 bits per heavy atom. The summed E-state index contributed by atoms with van der Waals surface area (Å²) in [6.07, 6.45) is -1.48. The molecule has 0 aliphatic heterocycles. The highest BCUT2D eigenvalue weighted by atomic mass is 79.9. The predicted octanol–water partition coefficient (Wildman–Crippen LogP) is 4.28. The lowest BCUT2D eigenvalue weighted by atomic mass is 10.1. The molecule has 0 bridgehead atoms. The van der Waals surface area contributed by atoms with Gasteiger partial charge in [0.2, 0.25) is 0 Å². The van der Waals surface area contributed by atoms with Crippen molar-refractivity contribution in [3.05, 3.63) is 59.1 Å². The summed E-state index contributed by atoms with van der Waals surface area (Å²) in [5.74, 6) is -0.511. The third kappa shape index (κ3) is 3.96. The molecule has 0 N–H and O–H groups in total. The summed E-state index contributed by atoms with van der Waals surface area (Å²) >= 11 is 3.10. The van der Waals surface area contributed by atoms with Gasteiger partial charge in [0.15, 0.2) is 0 Å². The minimum Gasteiger partial charge on any atom is -0.331 e. The smallest absolute Gasteiger partial charge is 0.331 e. The van der Waals surface area contributed by atoms with E-state index in [4.69, 9.17) is 0 Å². The van der Waals surface area contributed by atoms with Crippen molar-refractivity contribution in [2.45, 2.75) is 6.18 Å². The topological polar surface area (TPSA) is 20.3 Å². The quantitative estimate of drug-likeness (QED) is 0.728. The van der Waals surface area contributed by atoms with Crippen molar-refractivity contribution in [1.82, 2.24) is 4.90 Å². The van der Waals surface area contributed by atoms with Gasteiger partial charge in [-0.15, -0.1) is 13.2 Å². The van der Waals surface area contributed by atoms with Crippen molar-refractivity contribution in [3.63, 3.8) is 0 Å². The molecular formula is C14H13BrF3NO. The second kappa shape index (κ2) is 6.74. The average molecular weight is 348 g/mol. The molecule has 0 spiro atoms. The first-order valence-corrected chi connectivity index (χ1v) is 6.48. The Balaban J connectivity index is 3.19. The van der Waals surface area contributed by atoms with E-state index in [9.17, 15) is 18.0 Å². The van der Waals surface area contributed by atoms with Crippen LogP contribution in [-0.4, -0.2) is 23.9 Å². The van der Waals surface area contributed by atoms with E-state index in [1.807, 2.05) is 0 Å². The Kier molecular flexibility index (Phi) is 5.56. The zero-order valence-corrected chi connectivity index (χ0v) is 12.2. The van der Waals surface area contributed by atoms with E-state index >= 15 is 0 Å². The number of benzene rings is 1. The van der Waals surface area contributed by atoms with Crippen LogP contribution in [0.4, 0.5) is 13.2 Å². The maximum atomic E-state index is 12.7. The fourth-order valence-corrected chi connectivity index (χ4v) is 2.00. The van der Waals surface area contributed by atoms with Gasteiger partial charge < -0.3 is 4.90 Å². The summed E-state index contributed by atoms with van der Waals surface area (Å²) in [5, 5.41) is 0. The molecule has 1 amide bonds. The van der Waals surface area contributed by atoms with Crippen molar-refractivity contribution < 1.29 is 18.0 Å². The van der Waals surface area contributed by atoms with Crippen molar-refractivity contribution >= 4 is 21.8 Å². The SMILES string of the molecule is C=CCN(CC=C)C(=O)c1cc(C(F)(F)F)ccc1Br. The zero-order chi connectivity index (χ0) is 15.3. The van der Waals surface area contributed by atoms with Crippen LogP contribution < -0.4 is 0 Å². The number of hydrogen-bond acceptors (Lipinski definition) is 1. The molecule has 1 rings (SSSR count). The molecule has 20 heavy (non-hydrogen) atoms. The van der Waals surface area contributed by atoms with E-state index in [1.54, 1.807) is 0 Å². The van der Waals surface area contributed by atoms with Gasteiger partial charge in [0.05, 0.1) is 11.1 Å². The molecule has 0 unspecified atom stereocenters. The molecule has 0 saturated heterocycles. The van der Waals surface area contributed by atoms with Gasteiger partial charge in [0.25, 0.3) is 5.91 Å². The van der Waals surface area contributed by atoms with Crippen LogP contribution in [-0.2, 0) is 6.18 Å². The van der Waals surface area contributed by atoms with E-state index in [-0.39, 0.29) is 18.7 Å². The van der Waals surface area contributed by atoms with E-state index in [0.717, 1.165) is 12.1 Å². The number of carbonyl (C=O) groups is 1. The normalized spacial score (nSPS) is 11.0. The molecule has 0 atom stereocenters. The standard InChI is InChI=1S/C14H13BrF3NO/c1-3-7-19(8-4-2)13(20)11-9-10(14(16,17)18)5-6-12(11)15/h3-6,9H,1-2,7-8H2. The Morgan fingerprint density at radius 2 is 1.80 bits per heavy atom. The molecule has 108 valence electrons. The van der Waals surface area contributed by atoms with Gasteiger partial charge in [-0.05, 0) is 34.1 Å². The van der Waals surface area contributed by atoms with E-state index < -0.39 is 17.6 Å². The van der Waals surface area contributed by atoms with Crippen molar-refractivity contribution in [1.29, 1.82) is 0 Å². The number of nitrogens with zero attached hydrogens (tertiary/aromatic N) is 1. The van der Waals surface area contributed by atoms with Gasteiger partial charge in [-0.3, -0.25) is 4.79 Å². The molecule has 2 nitrogen and oxygen atoms in total. The van der Waals surface area contributed by atoms with E-state index in [2.05, 4.69) is 29.1 Å². The number of halogens is 4. The first-order chi connectivity index (χ1) is 9.31. The molecule has 0 saturated carbocycles. The molecule has 0 aliphatic rings. The van der Waals surface area contributed by atoms with Gasteiger partial charge in [-0.1, -0.05) is 12.2 Å². The largest absolute Gasteiger partial charge is 0.416 e. The van der Waals surface area contributed by atoms with Crippen molar-refractivity contribution in [2.24, 2.45) is 0 Å². The monoisotopic (exact) mass is 347 g/mol. The summed E-state index contributed by atoms with van der Waals surface area (Å²) < 4.78 is 38.4. The fourth-order valence-electron chi connectivity index (χ4n) is 1.59. The Labute approximate surface area is 123 Å². The second-order valence-electron chi connectivity index (χ2n) is 3.98. The summed E-state index contributed by atoms with van der Waals surface area (Å²) in [6, 6.07) is 2.98. The number of alkyl halides is 3. The maximum Gasteiger partial charge on any atom is 0.416 e. The highest BCUT2D eigenvalue weighted by molar-refractivity contribution is 9.10. The van der Waals surface area contributed by atoms with Crippen LogP contribution in [0.3, 0.4) is 0 Å². The van der Waals surface area contributed by atoms with Crippen LogP contribution in [0, 0.1) is 0 Å². The van der Waals surface area contributed by atoms with Gasteiger partial charge >= 0.3 is 6.18 Å². The fraction of sp³-hybridized carbons (Fsp3) is 0.214. The minimum atomic E-state index is -4.49. The molecule has 6 heteroatoms. The molecule has 0 radical (unpaired) electrons. The van der Waals surface area contributed by atoms with Crippen LogP contribution >= 0.6 is 15.9 Å². The summed E-state index contributed by atoms with van der Waals surface area (Å²) in [7, 11) is 0. The van der Waals surface area contributed by atoms with Gasteiger partial charge in [-0.25, -0.2) is 0 Å². The number of carbonyl (C=O) groups excluding carboxylic acids is 1. The number of rotatable bonds is 5. The average Bonchev–Trinajstić information content (AvgIpc) is 2.37. The van der Waals surface area contributed by atoms with Gasteiger partial charge in [0.1, 0.15) is 0 Å². The lowest BCUT2D eigenvalue weighted by molar-refractivity contribution is -0.137. The molecular weight excluding hydrogens is 335 g/mol. The van der Waals surface area contributed by atoms with Crippen LogP contribution in [0.5, 0.6) is 0 Å². The van der Waals surface area contributed by atoms with Crippen LogP contribution in [0.2, 0.25) is 0 Å². The lowest BCUT2D eigenvalue weighted by Gasteiger charge is -2.20. The van der Waals surface area contributed by atoms with Crippen molar-refractivity contribution in [2.75, 3.05) is 13.1 Å². The Morgan fingerprint density at radius 1 is 1.25 bits per heavy atom. The van der Waals surface area contributed by atoms with Crippen LogP contribution in [0.15, 0.2) is 48.0 Å². The molecule has 0 fully saturated rings. The first-order valence-electron chi connectivity index (χ1n) is 5.69. The Hall–Kier alpha value is -1.56. The maximum absolute atomic E-state index is 12.7. The predicted molar refractivity (Wildman–Crippen MR) is 75.4 cm³/mol. The molecule has 0 aromatic heterocycles. The summed E-state index contributed by atoms with van der Waals surface area (Å²) in [4.78, 5) is 13.6. The van der Waals surface area contributed by atoms with Crippen LogP contribution in [0.1, 0.15) is 15.9 Å². The second-order valence-corrected chi connectivity index (χ2v) is 4.83. The highest BCUT2D eigenvalue weighted by Crippen LogP contribution is 2.32. The Bertz CT molecular complexity index is 516. The van der Waals surface area contributed by atoms with Gasteiger partial charge in [-0.2, -0.15) is 13.2 Å². The minimum absolute atomic E-state index is 0.0384. The van der Waals surface area contributed by atoms with Crippen LogP contribution in [0.25, 0.3) is 0 Å². The third-order valence-corrected chi connectivity index (χ3v) is 3.20. The van der Waals surface area contributed by atoms with E-state index in [0.29, 0.717) is 4.47 Å². The third-order valence-electron chi connectivity index (χ3n) is 2.51. The molecule has 0 aliphatic carbocycles. The highest BCUT2D eigenvalue weighted by Gasteiger charge is 2.32. The first kappa shape index (κ1) is 16.5. The van der Waals surface area contributed by atoms with E-state index in [1.165, 1.54) is 23.1 Å².